The molecule has 3 aliphatic carbocycles. The van der Waals surface area contributed by atoms with Gasteiger partial charge in [0.05, 0.1) is 24.1 Å². The lowest BCUT2D eigenvalue weighted by molar-refractivity contribution is -0.123. The Bertz CT molecular complexity index is 1200. The summed E-state index contributed by atoms with van der Waals surface area (Å²) >= 11 is 0. The SMILES string of the molecule is CCOc1ccc(N2C(=O)[C@@H]3C4c5ccccc5C(CC)(c5ccccc54)[C@H]3C2=O)cc1. The maximum Gasteiger partial charge on any atom is 0.238 e. The summed E-state index contributed by atoms with van der Waals surface area (Å²) < 4.78 is 5.55. The molecule has 0 unspecified atom stereocenters. The molecule has 1 saturated heterocycles. The summed E-state index contributed by atoms with van der Waals surface area (Å²) in [7, 11) is 0. The van der Waals surface area contributed by atoms with E-state index in [1.807, 2.05) is 43.3 Å². The van der Waals surface area contributed by atoms with Gasteiger partial charge in [0.1, 0.15) is 5.75 Å². The fourth-order valence-corrected chi connectivity index (χ4v) is 6.64. The molecule has 1 aliphatic heterocycles. The van der Waals surface area contributed by atoms with Gasteiger partial charge in [-0.05, 0) is 59.9 Å². The summed E-state index contributed by atoms with van der Waals surface area (Å²) in [6.07, 6.45) is 0.769. The molecule has 3 aromatic carbocycles. The van der Waals surface area contributed by atoms with Gasteiger partial charge in [-0.2, -0.15) is 0 Å². The average Bonchev–Trinajstić information content (AvgIpc) is 3.11. The first-order valence-corrected chi connectivity index (χ1v) is 11.4. The summed E-state index contributed by atoms with van der Waals surface area (Å²) in [5, 5.41) is 0. The van der Waals surface area contributed by atoms with Gasteiger partial charge in [-0.15, -0.1) is 0 Å². The lowest BCUT2D eigenvalue weighted by Crippen LogP contribution is -2.53. The van der Waals surface area contributed by atoms with Crippen LogP contribution in [0.2, 0.25) is 0 Å². The van der Waals surface area contributed by atoms with Crippen molar-refractivity contribution < 1.29 is 14.3 Å². The standard InChI is InChI=1S/C28H25NO3/c1-3-28-21-11-7-5-9-19(21)23(20-10-6-8-12-22(20)28)24-25(28)27(31)29(26(24)30)17-13-15-18(16-14-17)32-4-2/h5-16,23-25H,3-4H2,1-2H3/t23?,24-,25-,28?/m1/s1. The monoisotopic (exact) mass is 423 g/mol. The minimum absolute atomic E-state index is 0.0833. The van der Waals surface area contributed by atoms with E-state index in [9.17, 15) is 9.59 Å². The highest BCUT2D eigenvalue weighted by Crippen LogP contribution is 2.65. The first-order valence-electron chi connectivity index (χ1n) is 11.4. The molecule has 0 N–H and O–H groups in total. The van der Waals surface area contributed by atoms with Crippen LogP contribution in [-0.4, -0.2) is 18.4 Å². The molecule has 0 aromatic heterocycles. The number of carbonyl (C=O) groups is 2. The third-order valence-corrected chi connectivity index (χ3v) is 7.76. The zero-order valence-corrected chi connectivity index (χ0v) is 18.2. The van der Waals surface area contributed by atoms with Gasteiger partial charge in [0.2, 0.25) is 11.8 Å². The number of hydrogen-bond acceptors (Lipinski definition) is 3. The third kappa shape index (κ3) is 2.22. The van der Waals surface area contributed by atoms with Crippen molar-refractivity contribution in [3.63, 3.8) is 0 Å². The Morgan fingerprint density at radius 2 is 1.41 bits per heavy atom. The molecule has 1 fully saturated rings. The highest BCUT2D eigenvalue weighted by molar-refractivity contribution is 6.23. The Labute approximate surface area is 187 Å². The highest BCUT2D eigenvalue weighted by Gasteiger charge is 2.67. The van der Waals surface area contributed by atoms with Gasteiger partial charge < -0.3 is 4.74 Å². The fraction of sp³-hybridized carbons (Fsp3) is 0.286. The number of hydrogen-bond donors (Lipinski definition) is 0. The number of amides is 2. The summed E-state index contributed by atoms with van der Waals surface area (Å²) in [4.78, 5) is 29.3. The van der Waals surface area contributed by atoms with Gasteiger partial charge in [-0.3, -0.25) is 9.59 Å². The van der Waals surface area contributed by atoms with Crippen molar-refractivity contribution in [2.24, 2.45) is 11.8 Å². The molecule has 4 aliphatic rings. The van der Waals surface area contributed by atoms with Crippen molar-refractivity contribution in [3.8, 4) is 5.75 Å². The molecule has 0 spiro atoms. The Morgan fingerprint density at radius 1 is 0.812 bits per heavy atom. The molecular formula is C28H25NO3. The van der Waals surface area contributed by atoms with Crippen LogP contribution in [0.4, 0.5) is 5.69 Å². The smallest absolute Gasteiger partial charge is 0.238 e. The maximum absolute atomic E-state index is 14.0. The van der Waals surface area contributed by atoms with Gasteiger partial charge in [-0.1, -0.05) is 55.5 Å². The van der Waals surface area contributed by atoms with Crippen LogP contribution in [0.5, 0.6) is 5.75 Å². The van der Waals surface area contributed by atoms with Crippen LogP contribution in [0.3, 0.4) is 0 Å². The minimum atomic E-state index is -0.487. The van der Waals surface area contributed by atoms with Crippen molar-refractivity contribution in [2.75, 3.05) is 11.5 Å². The predicted octanol–water partition coefficient (Wildman–Crippen LogP) is 5.05. The van der Waals surface area contributed by atoms with Crippen LogP contribution in [0.25, 0.3) is 0 Å². The van der Waals surface area contributed by atoms with E-state index in [0.717, 1.165) is 12.2 Å². The Balaban J connectivity index is 1.55. The third-order valence-electron chi connectivity index (χ3n) is 7.76. The van der Waals surface area contributed by atoms with E-state index in [2.05, 4.69) is 43.3 Å². The molecule has 2 amide bonds. The van der Waals surface area contributed by atoms with Gasteiger partial charge in [-0.25, -0.2) is 4.90 Å². The number of benzene rings is 3. The average molecular weight is 424 g/mol. The van der Waals surface area contributed by atoms with Crippen molar-refractivity contribution >= 4 is 17.5 Å². The molecule has 3 aromatic rings. The lowest BCUT2D eigenvalue weighted by atomic mass is 9.46. The zero-order chi connectivity index (χ0) is 22.0. The molecule has 0 saturated carbocycles. The van der Waals surface area contributed by atoms with E-state index < -0.39 is 5.41 Å². The second-order valence-electron chi connectivity index (χ2n) is 8.92. The van der Waals surface area contributed by atoms with Crippen LogP contribution in [-0.2, 0) is 15.0 Å². The first kappa shape index (κ1) is 19.3. The summed E-state index contributed by atoms with van der Waals surface area (Å²) in [6, 6.07) is 24.1. The molecule has 2 bridgehead atoms. The fourth-order valence-electron chi connectivity index (χ4n) is 6.64. The maximum atomic E-state index is 14.0. The van der Waals surface area contributed by atoms with Crippen molar-refractivity contribution in [2.45, 2.75) is 31.6 Å². The number of nitrogens with zero attached hydrogens (tertiary/aromatic N) is 1. The van der Waals surface area contributed by atoms with Crippen molar-refractivity contribution in [1.29, 1.82) is 0 Å². The molecular weight excluding hydrogens is 398 g/mol. The van der Waals surface area contributed by atoms with Crippen LogP contribution in [0.15, 0.2) is 72.8 Å². The van der Waals surface area contributed by atoms with Crippen LogP contribution < -0.4 is 9.64 Å². The Morgan fingerprint density at radius 3 is 1.97 bits per heavy atom. The Hall–Kier alpha value is -3.40. The normalized spacial score (nSPS) is 27.2. The molecule has 2 atom stereocenters. The van der Waals surface area contributed by atoms with E-state index in [4.69, 9.17) is 4.74 Å². The molecule has 160 valence electrons. The predicted molar refractivity (Wildman–Crippen MR) is 123 cm³/mol. The molecule has 32 heavy (non-hydrogen) atoms. The number of rotatable bonds is 4. The first-order chi connectivity index (χ1) is 15.6. The van der Waals surface area contributed by atoms with Gasteiger partial charge in [0, 0.05) is 11.3 Å². The van der Waals surface area contributed by atoms with Crippen molar-refractivity contribution in [1.82, 2.24) is 0 Å². The molecule has 1 heterocycles. The number of carbonyl (C=O) groups excluding carboxylic acids is 2. The Kier molecular flexibility index (Phi) is 4.10. The molecule has 7 rings (SSSR count). The van der Waals surface area contributed by atoms with Crippen LogP contribution in [0, 0.1) is 11.8 Å². The van der Waals surface area contributed by atoms with Gasteiger partial charge in [0.25, 0.3) is 0 Å². The van der Waals surface area contributed by atoms with Gasteiger partial charge in [0.15, 0.2) is 0 Å². The topological polar surface area (TPSA) is 46.6 Å². The molecule has 4 heteroatoms. The quantitative estimate of drug-likeness (QED) is 0.552. The number of imide groups is 1. The molecule has 0 radical (unpaired) electrons. The van der Waals surface area contributed by atoms with Crippen LogP contribution in [0.1, 0.15) is 48.4 Å². The zero-order valence-electron chi connectivity index (χ0n) is 18.2. The van der Waals surface area contributed by atoms with Gasteiger partial charge >= 0.3 is 0 Å². The minimum Gasteiger partial charge on any atom is -0.494 e. The number of anilines is 1. The van der Waals surface area contributed by atoms with Crippen molar-refractivity contribution in [3.05, 3.63) is 95.1 Å². The summed E-state index contributed by atoms with van der Waals surface area (Å²) in [5.74, 6) is -0.293. The van der Waals surface area contributed by atoms with Crippen LogP contribution >= 0.6 is 0 Å². The molecule has 4 nitrogen and oxygen atoms in total. The van der Waals surface area contributed by atoms with E-state index in [1.165, 1.54) is 27.2 Å². The van der Waals surface area contributed by atoms with E-state index >= 15 is 0 Å². The highest BCUT2D eigenvalue weighted by atomic mass is 16.5. The summed E-state index contributed by atoms with van der Waals surface area (Å²) in [5.41, 5.74) is 4.95. The van der Waals surface area contributed by atoms with E-state index in [0.29, 0.717) is 12.3 Å². The second kappa shape index (κ2) is 6.80. The second-order valence-corrected chi connectivity index (χ2v) is 8.92. The lowest BCUT2D eigenvalue weighted by Gasteiger charge is -2.54. The van der Waals surface area contributed by atoms with E-state index in [-0.39, 0.29) is 29.6 Å². The largest absolute Gasteiger partial charge is 0.494 e. The summed E-state index contributed by atoms with van der Waals surface area (Å²) in [6.45, 7) is 4.65. The number of ether oxygens (including phenoxy) is 1. The van der Waals surface area contributed by atoms with E-state index in [1.54, 1.807) is 0 Å².